The molecule has 1 aliphatic heterocycles. The second-order valence-corrected chi connectivity index (χ2v) is 5.46. The summed E-state index contributed by atoms with van der Waals surface area (Å²) in [4.78, 5) is 14.5. The Morgan fingerprint density at radius 1 is 1.35 bits per heavy atom. The van der Waals surface area contributed by atoms with E-state index in [1.807, 2.05) is 0 Å². The molecule has 0 unspecified atom stereocenters. The summed E-state index contributed by atoms with van der Waals surface area (Å²) in [6.45, 7) is 2.89. The minimum absolute atomic E-state index is 0.137. The van der Waals surface area contributed by atoms with Gasteiger partial charge in [0.1, 0.15) is 0 Å². The van der Waals surface area contributed by atoms with Gasteiger partial charge in [0.2, 0.25) is 5.91 Å². The predicted octanol–water partition coefficient (Wildman–Crippen LogP) is 2.55. The lowest BCUT2D eigenvalue weighted by atomic mass is 9.68. The molecule has 90 valence electrons. The standard InChI is InChI=1S/C14H18N2O/c1-10-4-5-12-11(8-10)15-13(17)14(6-3-7-14)9-16(12)2/h4-5,8H,3,6-7,9H2,1-2H3,(H,15,17). The van der Waals surface area contributed by atoms with Crippen LogP contribution in [-0.4, -0.2) is 19.5 Å². The molecular weight excluding hydrogens is 212 g/mol. The molecule has 2 aliphatic rings. The first-order valence-corrected chi connectivity index (χ1v) is 6.24. The minimum Gasteiger partial charge on any atom is -0.372 e. The van der Waals surface area contributed by atoms with Crippen molar-refractivity contribution in [2.45, 2.75) is 26.2 Å². The van der Waals surface area contributed by atoms with Crippen LogP contribution in [0.3, 0.4) is 0 Å². The van der Waals surface area contributed by atoms with Gasteiger partial charge < -0.3 is 10.2 Å². The molecule has 1 fully saturated rings. The molecule has 1 aromatic rings. The molecule has 17 heavy (non-hydrogen) atoms. The summed E-state index contributed by atoms with van der Waals surface area (Å²) in [5, 5.41) is 3.11. The number of anilines is 2. The molecule has 1 saturated carbocycles. The Labute approximate surface area is 102 Å². The minimum atomic E-state index is -0.137. The van der Waals surface area contributed by atoms with Gasteiger partial charge in [0.25, 0.3) is 0 Å². The number of fused-ring (bicyclic) bond motifs is 1. The first kappa shape index (κ1) is 10.6. The van der Waals surface area contributed by atoms with Gasteiger partial charge in [-0.3, -0.25) is 4.79 Å². The average Bonchev–Trinajstić information content (AvgIpc) is 2.32. The van der Waals surface area contributed by atoms with E-state index in [4.69, 9.17) is 0 Å². The van der Waals surface area contributed by atoms with Crippen molar-refractivity contribution in [3.8, 4) is 0 Å². The quantitative estimate of drug-likeness (QED) is 0.743. The number of benzene rings is 1. The molecule has 0 aromatic heterocycles. The molecule has 1 aromatic carbocycles. The topological polar surface area (TPSA) is 32.3 Å². The first-order valence-electron chi connectivity index (χ1n) is 6.24. The number of amides is 1. The zero-order chi connectivity index (χ0) is 12.0. The lowest BCUT2D eigenvalue weighted by Crippen LogP contribution is -2.47. The fourth-order valence-corrected chi connectivity index (χ4v) is 2.94. The molecule has 3 rings (SSSR count). The average molecular weight is 230 g/mol. The number of hydrogen-bond acceptors (Lipinski definition) is 2. The maximum absolute atomic E-state index is 12.3. The third-order valence-electron chi connectivity index (χ3n) is 4.14. The van der Waals surface area contributed by atoms with Crippen LogP contribution in [0.4, 0.5) is 11.4 Å². The molecule has 1 aliphatic carbocycles. The van der Waals surface area contributed by atoms with Crippen molar-refractivity contribution in [1.29, 1.82) is 0 Å². The summed E-state index contributed by atoms with van der Waals surface area (Å²) < 4.78 is 0. The van der Waals surface area contributed by atoms with Gasteiger partial charge >= 0.3 is 0 Å². The van der Waals surface area contributed by atoms with Crippen LogP contribution in [0.1, 0.15) is 24.8 Å². The van der Waals surface area contributed by atoms with Crippen molar-refractivity contribution in [2.75, 3.05) is 23.8 Å². The van der Waals surface area contributed by atoms with Crippen LogP contribution in [0.2, 0.25) is 0 Å². The molecule has 0 saturated heterocycles. The molecule has 1 amide bonds. The van der Waals surface area contributed by atoms with E-state index in [1.165, 1.54) is 12.0 Å². The second kappa shape index (κ2) is 3.49. The Bertz CT molecular complexity index is 477. The zero-order valence-electron chi connectivity index (χ0n) is 10.4. The van der Waals surface area contributed by atoms with Crippen molar-refractivity contribution in [2.24, 2.45) is 5.41 Å². The molecule has 1 spiro atoms. The smallest absolute Gasteiger partial charge is 0.232 e. The van der Waals surface area contributed by atoms with E-state index in [-0.39, 0.29) is 11.3 Å². The van der Waals surface area contributed by atoms with Crippen LogP contribution < -0.4 is 10.2 Å². The molecule has 1 heterocycles. The third kappa shape index (κ3) is 1.53. The largest absolute Gasteiger partial charge is 0.372 e. The summed E-state index contributed by atoms with van der Waals surface area (Å²) >= 11 is 0. The number of nitrogens with zero attached hydrogens (tertiary/aromatic N) is 1. The van der Waals surface area contributed by atoms with Crippen molar-refractivity contribution in [3.63, 3.8) is 0 Å². The van der Waals surface area contributed by atoms with Gasteiger partial charge in [-0.1, -0.05) is 12.5 Å². The van der Waals surface area contributed by atoms with Crippen molar-refractivity contribution in [1.82, 2.24) is 0 Å². The Balaban J connectivity index is 2.03. The van der Waals surface area contributed by atoms with Gasteiger partial charge in [-0.05, 0) is 37.5 Å². The molecule has 3 nitrogen and oxygen atoms in total. The lowest BCUT2D eigenvalue weighted by molar-refractivity contribution is -0.129. The van der Waals surface area contributed by atoms with Crippen LogP contribution in [0, 0.1) is 12.3 Å². The summed E-state index contributed by atoms with van der Waals surface area (Å²) in [7, 11) is 2.08. The molecule has 1 N–H and O–H groups in total. The number of hydrogen-bond donors (Lipinski definition) is 1. The van der Waals surface area contributed by atoms with Gasteiger partial charge in [-0.2, -0.15) is 0 Å². The summed E-state index contributed by atoms with van der Waals surface area (Å²) in [6.07, 6.45) is 3.23. The third-order valence-corrected chi connectivity index (χ3v) is 4.14. The number of rotatable bonds is 0. The van der Waals surface area contributed by atoms with E-state index in [0.29, 0.717) is 0 Å². The van der Waals surface area contributed by atoms with Crippen LogP contribution in [0.25, 0.3) is 0 Å². The number of nitrogens with one attached hydrogen (secondary N) is 1. The molecule has 3 heteroatoms. The van der Waals surface area contributed by atoms with Gasteiger partial charge in [-0.25, -0.2) is 0 Å². The fraction of sp³-hybridized carbons (Fsp3) is 0.500. The van der Waals surface area contributed by atoms with Gasteiger partial charge in [-0.15, -0.1) is 0 Å². The Kier molecular flexibility index (Phi) is 2.18. The number of carbonyl (C=O) groups is 1. The predicted molar refractivity (Wildman–Crippen MR) is 69.4 cm³/mol. The van der Waals surface area contributed by atoms with E-state index in [2.05, 4.69) is 42.4 Å². The summed E-state index contributed by atoms with van der Waals surface area (Å²) in [5.41, 5.74) is 3.14. The van der Waals surface area contributed by atoms with E-state index >= 15 is 0 Å². The van der Waals surface area contributed by atoms with Crippen molar-refractivity contribution < 1.29 is 4.79 Å². The molecule has 0 atom stereocenters. The highest BCUT2D eigenvalue weighted by Gasteiger charge is 2.46. The van der Waals surface area contributed by atoms with E-state index in [9.17, 15) is 4.79 Å². The lowest BCUT2D eigenvalue weighted by Gasteiger charge is -2.40. The van der Waals surface area contributed by atoms with Crippen LogP contribution in [0.15, 0.2) is 18.2 Å². The van der Waals surface area contributed by atoms with Crippen molar-refractivity contribution >= 4 is 17.3 Å². The van der Waals surface area contributed by atoms with Crippen molar-refractivity contribution in [3.05, 3.63) is 23.8 Å². The van der Waals surface area contributed by atoms with E-state index in [1.54, 1.807) is 0 Å². The Morgan fingerprint density at radius 3 is 2.76 bits per heavy atom. The zero-order valence-corrected chi connectivity index (χ0v) is 10.4. The second-order valence-electron chi connectivity index (χ2n) is 5.46. The normalized spacial score (nSPS) is 21.5. The molecule has 0 bridgehead atoms. The molecule has 0 radical (unpaired) electrons. The van der Waals surface area contributed by atoms with Crippen LogP contribution >= 0.6 is 0 Å². The SMILES string of the molecule is Cc1ccc2c(c1)NC(=O)C1(CCC1)CN2C. The Morgan fingerprint density at radius 2 is 2.12 bits per heavy atom. The van der Waals surface area contributed by atoms with E-state index < -0.39 is 0 Å². The highest BCUT2D eigenvalue weighted by Crippen LogP contribution is 2.46. The fourth-order valence-electron chi connectivity index (χ4n) is 2.94. The number of aryl methyl sites for hydroxylation is 1. The highest BCUT2D eigenvalue weighted by atomic mass is 16.2. The van der Waals surface area contributed by atoms with E-state index in [0.717, 1.165) is 30.8 Å². The number of carbonyl (C=O) groups excluding carboxylic acids is 1. The highest BCUT2D eigenvalue weighted by molar-refractivity contribution is 6.00. The van der Waals surface area contributed by atoms with Gasteiger partial charge in [0, 0.05) is 13.6 Å². The Hall–Kier alpha value is -1.51. The van der Waals surface area contributed by atoms with Gasteiger partial charge in [0.15, 0.2) is 0 Å². The van der Waals surface area contributed by atoms with Gasteiger partial charge in [0.05, 0.1) is 16.8 Å². The van der Waals surface area contributed by atoms with Crippen LogP contribution in [0.5, 0.6) is 0 Å². The van der Waals surface area contributed by atoms with Crippen LogP contribution in [-0.2, 0) is 4.79 Å². The molecular formula is C14H18N2O. The summed E-state index contributed by atoms with van der Waals surface area (Å²) in [6, 6.07) is 6.25. The maximum Gasteiger partial charge on any atom is 0.232 e. The summed E-state index contributed by atoms with van der Waals surface area (Å²) in [5.74, 6) is 0.208. The maximum atomic E-state index is 12.3. The first-order chi connectivity index (χ1) is 8.11. The monoisotopic (exact) mass is 230 g/mol.